The van der Waals surface area contributed by atoms with Crippen LogP contribution >= 0.6 is 0 Å². The average Bonchev–Trinajstić information content (AvgIpc) is 2.77. The number of hydrogen-bond acceptors (Lipinski definition) is 3. The van der Waals surface area contributed by atoms with E-state index in [4.69, 9.17) is 9.47 Å². The highest BCUT2D eigenvalue weighted by Gasteiger charge is 2.21. The van der Waals surface area contributed by atoms with Gasteiger partial charge in [0.2, 0.25) is 0 Å². The van der Waals surface area contributed by atoms with Crippen molar-refractivity contribution in [3.05, 3.63) is 71.3 Å². The highest BCUT2D eigenvalue weighted by Crippen LogP contribution is 2.31. The van der Waals surface area contributed by atoms with Gasteiger partial charge in [-0.05, 0) is 47.9 Å². The Hall–Kier alpha value is -3.27. The molecular formula is C25H27NO3. The van der Waals surface area contributed by atoms with Crippen LogP contribution in [0.4, 0.5) is 0 Å². The SMILES string of the molecule is CCN(CC)C(=O)c1c(/C=C\c2ccc3ccccc3c2)cc(OC)cc1OC. The minimum Gasteiger partial charge on any atom is -0.497 e. The van der Waals surface area contributed by atoms with E-state index in [-0.39, 0.29) is 5.91 Å². The summed E-state index contributed by atoms with van der Waals surface area (Å²) in [7, 11) is 3.18. The number of nitrogens with zero attached hydrogens (tertiary/aromatic N) is 1. The Morgan fingerprint density at radius 2 is 1.62 bits per heavy atom. The second kappa shape index (κ2) is 9.28. The summed E-state index contributed by atoms with van der Waals surface area (Å²) in [6.07, 6.45) is 3.96. The quantitative estimate of drug-likeness (QED) is 0.500. The molecule has 0 bridgehead atoms. The molecule has 3 aromatic rings. The Labute approximate surface area is 172 Å². The summed E-state index contributed by atoms with van der Waals surface area (Å²) < 4.78 is 11.0. The van der Waals surface area contributed by atoms with E-state index in [0.29, 0.717) is 30.2 Å². The van der Waals surface area contributed by atoms with Gasteiger partial charge in [0.1, 0.15) is 11.5 Å². The third-order valence-corrected chi connectivity index (χ3v) is 5.06. The third-order valence-electron chi connectivity index (χ3n) is 5.06. The standard InChI is InChI=1S/C25H27NO3/c1-5-26(6-2)25(27)24-21(16-22(28-3)17-23(24)29-4)14-12-18-11-13-19-9-7-8-10-20(19)15-18/h7-17H,5-6H2,1-4H3/b14-12-. The van der Waals surface area contributed by atoms with Crippen molar-refractivity contribution in [2.24, 2.45) is 0 Å². The molecule has 0 N–H and O–H groups in total. The Morgan fingerprint density at radius 3 is 2.28 bits per heavy atom. The Balaban J connectivity index is 2.07. The molecule has 0 aromatic heterocycles. The van der Waals surface area contributed by atoms with Crippen molar-refractivity contribution in [2.75, 3.05) is 27.3 Å². The molecule has 0 aliphatic carbocycles. The average molecular weight is 389 g/mol. The monoisotopic (exact) mass is 389 g/mol. The zero-order valence-electron chi connectivity index (χ0n) is 17.4. The molecule has 0 aliphatic rings. The number of benzene rings is 3. The second-order valence-corrected chi connectivity index (χ2v) is 6.71. The molecule has 3 aromatic carbocycles. The lowest BCUT2D eigenvalue weighted by molar-refractivity contribution is 0.0769. The summed E-state index contributed by atoms with van der Waals surface area (Å²) in [5.41, 5.74) is 2.38. The predicted octanol–water partition coefficient (Wildman–Crippen LogP) is 5.51. The fourth-order valence-electron chi connectivity index (χ4n) is 3.42. The van der Waals surface area contributed by atoms with Gasteiger partial charge in [-0.2, -0.15) is 0 Å². The van der Waals surface area contributed by atoms with Crippen LogP contribution in [-0.2, 0) is 0 Å². The molecule has 29 heavy (non-hydrogen) atoms. The molecule has 4 heteroatoms. The summed E-state index contributed by atoms with van der Waals surface area (Å²) in [6.45, 7) is 5.22. The van der Waals surface area contributed by atoms with Crippen molar-refractivity contribution in [2.45, 2.75) is 13.8 Å². The van der Waals surface area contributed by atoms with Crippen molar-refractivity contribution in [3.8, 4) is 11.5 Å². The molecule has 0 saturated heterocycles. The number of amides is 1. The van der Waals surface area contributed by atoms with Gasteiger partial charge in [-0.25, -0.2) is 0 Å². The van der Waals surface area contributed by atoms with E-state index >= 15 is 0 Å². The Bertz CT molecular complexity index is 1040. The van der Waals surface area contributed by atoms with Gasteiger partial charge >= 0.3 is 0 Å². The number of methoxy groups -OCH3 is 2. The van der Waals surface area contributed by atoms with Gasteiger partial charge < -0.3 is 14.4 Å². The summed E-state index contributed by atoms with van der Waals surface area (Å²) in [5, 5.41) is 2.38. The fraction of sp³-hybridized carbons (Fsp3) is 0.240. The number of rotatable bonds is 7. The molecule has 150 valence electrons. The van der Waals surface area contributed by atoms with Gasteiger partial charge in [-0.1, -0.05) is 48.6 Å². The maximum atomic E-state index is 13.2. The van der Waals surface area contributed by atoms with Crippen LogP contribution in [0.3, 0.4) is 0 Å². The lowest BCUT2D eigenvalue weighted by Gasteiger charge is -2.22. The van der Waals surface area contributed by atoms with Gasteiger partial charge in [-0.3, -0.25) is 4.79 Å². The number of carbonyl (C=O) groups is 1. The highest BCUT2D eigenvalue weighted by molar-refractivity contribution is 6.01. The van der Waals surface area contributed by atoms with Crippen LogP contribution in [0, 0.1) is 0 Å². The van der Waals surface area contributed by atoms with E-state index < -0.39 is 0 Å². The fourth-order valence-corrected chi connectivity index (χ4v) is 3.42. The van der Waals surface area contributed by atoms with E-state index in [9.17, 15) is 4.79 Å². The van der Waals surface area contributed by atoms with Crippen LogP contribution in [-0.4, -0.2) is 38.1 Å². The molecule has 4 nitrogen and oxygen atoms in total. The molecule has 0 radical (unpaired) electrons. The van der Waals surface area contributed by atoms with Gasteiger partial charge in [0.25, 0.3) is 5.91 Å². The molecule has 0 atom stereocenters. The minimum absolute atomic E-state index is 0.0485. The zero-order chi connectivity index (χ0) is 20.8. The third kappa shape index (κ3) is 4.43. The summed E-state index contributed by atoms with van der Waals surface area (Å²) >= 11 is 0. The minimum atomic E-state index is -0.0485. The van der Waals surface area contributed by atoms with Crippen LogP contribution in [0.2, 0.25) is 0 Å². The smallest absolute Gasteiger partial charge is 0.258 e. The number of ether oxygens (including phenoxy) is 2. The maximum absolute atomic E-state index is 13.2. The number of hydrogen-bond donors (Lipinski definition) is 0. The zero-order valence-corrected chi connectivity index (χ0v) is 17.4. The predicted molar refractivity (Wildman–Crippen MR) is 120 cm³/mol. The largest absolute Gasteiger partial charge is 0.497 e. The van der Waals surface area contributed by atoms with Crippen LogP contribution in [0.1, 0.15) is 35.3 Å². The van der Waals surface area contributed by atoms with E-state index in [1.54, 1.807) is 25.2 Å². The molecule has 0 saturated carbocycles. The van der Waals surface area contributed by atoms with Crippen LogP contribution in [0.15, 0.2) is 54.6 Å². The molecule has 0 fully saturated rings. The van der Waals surface area contributed by atoms with Crippen molar-refractivity contribution in [3.63, 3.8) is 0 Å². The first-order valence-corrected chi connectivity index (χ1v) is 9.83. The molecule has 0 spiro atoms. The van der Waals surface area contributed by atoms with E-state index in [2.05, 4.69) is 30.3 Å². The van der Waals surface area contributed by atoms with Crippen molar-refractivity contribution in [1.82, 2.24) is 4.90 Å². The molecule has 0 unspecified atom stereocenters. The van der Waals surface area contributed by atoms with E-state index in [1.807, 2.05) is 44.2 Å². The molecule has 3 rings (SSSR count). The molecular weight excluding hydrogens is 362 g/mol. The Morgan fingerprint density at radius 1 is 0.897 bits per heavy atom. The second-order valence-electron chi connectivity index (χ2n) is 6.71. The van der Waals surface area contributed by atoms with Gasteiger partial charge in [0.15, 0.2) is 0 Å². The topological polar surface area (TPSA) is 38.8 Å². The normalized spacial score (nSPS) is 11.0. The highest BCUT2D eigenvalue weighted by atomic mass is 16.5. The molecule has 0 aliphatic heterocycles. The first-order valence-electron chi connectivity index (χ1n) is 9.83. The van der Waals surface area contributed by atoms with Gasteiger partial charge in [-0.15, -0.1) is 0 Å². The Kier molecular flexibility index (Phi) is 6.55. The lowest BCUT2D eigenvalue weighted by Crippen LogP contribution is -2.31. The van der Waals surface area contributed by atoms with Crippen LogP contribution < -0.4 is 9.47 Å². The first kappa shape index (κ1) is 20.5. The van der Waals surface area contributed by atoms with Gasteiger partial charge in [0, 0.05) is 19.2 Å². The number of carbonyl (C=O) groups excluding carboxylic acids is 1. The first-order chi connectivity index (χ1) is 14.1. The molecule has 1 amide bonds. The molecule has 0 heterocycles. The number of fused-ring (bicyclic) bond motifs is 1. The van der Waals surface area contributed by atoms with Crippen LogP contribution in [0.5, 0.6) is 11.5 Å². The van der Waals surface area contributed by atoms with E-state index in [0.717, 1.165) is 11.1 Å². The summed E-state index contributed by atoms with van der Waals surface area (Å²) in [5.74, 6) is 1.11. The van der Waals surface area contributed by atoms with E-state index in [1.165, 1.54) is 10.8 Å². The van der Waals surface area contributed by atoms with Crippen molar-refractivity contribution in [1.29, 1.82) is 0 Å². The van der Waals surface area contributed by atoms with Crippen LogP contribution in [0.25, 0.3) is 22.9 Å². The summed E-state index contributed by atoms with van der Waals surface area (Å²) in [4.78, 5) is 15.0. The lowest BCUT2D eigenvalue weighted by atomic mass is 10.0. The summed E-state index contributed by atoms with van der Waals surface area (Å²) in [6, 6.07) is 18.2. The van der Waals surface area contributed by atoms with Crippen molar-refractivity contribution < 1.29 is 14.3 Å². The van der Waals surface area contributed by atoms with Gasteiger partial charge in [0.05, 0.1) is 19.8 Å². The maximum Gasteiger partial charge on any atom is 0.258 e. The van der Waals surface area contributed by atoms with Crippen molar-refractivity contribution >= 4 is 28.8 Å².